The maximum atomic E-state index is 13.0. The summed E-state index contributed by atoms with van der Waals surface area (Å²) in [4.78, 5) is 28.8. The van der Waals surface area contributed by atoms with E-state index >= 15 is 0 Å². The van der Waals surface area contributed by atoms with Crippen LogP contribution in [0, 0.1) is 0 Å². The van der Waals surface area contributed by atoms with Gasteiger partial charge in [-0.3, -0.25) is 9.59 Å². The minimum atomic E-state index is -0.452. The van der Waals surface area contributed by atoms with Gasteiger partial charge in [-0.1, -0.05) is 60.3 Å². The number of anilines is 1. The molecule has 26 heavy (non-hydrogen) atoms. The molecule has 3 rings (SSSR count). The minimum Gasteiger partial charge on any atom is -0.325 e. The molecule has 0 saturated carbocycles. The quantitative estimate of drug-likeness (QED) is 0.507. The summed E-state index contributed by atoms with van der Waals surface area (Å²) in [5, 5.41) is 3.24. The topological polar surface area (TPSA) is 59.1 Å². The average molecular weight is 362 g/mol. The van der Waals surface area contributed by atoms with Gasteiger partial charge < -0.3 is 5.32 Å². The Balaban J connectivity index is 1.85. The van der Waals surface area contributed by atoms with Crippen molar-refractivity contribution in [2.24, 2.45) is 0 Å². The molecule has 1 atom stereocenters. The summed E-state index contributed by atoms with van der Waals surface area (Å²) in [6, 6.07) is 22.1. The smallest absolute Gasteiger partial charge is 0.242 e. The van der Waals surface area contributed by atoms with E-state index < -0.39 is 5.25 Å². The van der Waals surface area contributed by atoms with Crippen LogP contribution >= 0.6 is 11.8 Å². The van der Waals surface area contributed by atoms with Crippen LogP contribution in [0.2, 0.25) is 0 Å². The number of amides is 1. The maximum Gasteiger partial charge on any atom is 0.242 e. The van der Waals surface area contributed by atoms with Crippen LogP contribution in [0.5, 0.6) is 0 Å². The Bertz CT molecular complexity index is 898. The number of thioether (sulfide) groups is 1. The van der Waals surface area contributed by atoms with Crippen LogP contribution in [-0.2, 0) is 4.79 Å². The molecule has 5 heteroatoms. The van der Waals surface area contributed by atoms with Gasteiger partial charge in [0.05, 0.1) is 5.03 Å². The van der Waals surface area contributed by atoms with Gasteiger partial charge in [0.1, 0.15) is 5.25 Å². The Hall–Kier alpha value is -2.92. The van der Waals surface area contributed by atoms with Gasteiger partial charge in [0.15, 0.2) is 5.78 Å². The number of nitrogens with zero attached hydrogens (tertiary/aromatic N) is 1. The standard InChI is InChI=1S/C21H18N2O2S/c1-15(24)17-10-7-11-18(14-17)23-21(25)20(16-8-3-2-4-9-16)26-19-12-5-6-13-22-19/h2-14,20H,1H3,(H,23,25). The molecule has 0 radical (unpaired) electrons. The lowest BCUT2D eigenvalue weighted by Gasteiger charge is -2.17. The van der Waals surface area contributed by atoms with E-state index in [1.165, 1.54) is 18.7 Å². The fourth-order valence-electron chi connectivity index (χ4n) is 2.46. The van der Waals surface area contributed by atoms with Gasteiger partial charge in [-0.15, -0.1) is 0 Å². The van der Waals surface area contributed by atoms with Crippen LogP contribution in [0.25, 0.3) is 0 Å². The Labute approximate surface area is 156 Å². The molecule has 1 heterocycles. The molecule has 0 aliphatic carbocycles. The number of aromatic nitrogens is 1. The summed E-state index contributed by atoms with van der Waals surface area (Å²) < 4.78 is 0. The van der Waals surface area contributed by atoms with Crippen LogP contribution in [0.3, 0.4) is 0 Å². The molecule has 0 saturated heterocycles. The Kier molecular flexibility index (Phi) is 5.81. The van der Waals surface area contributed by atoms with Gasteiger partial charge in [-0.05, 0) is 36.8 Å². The van der Waals surface area contributed by atoms with Crippen LogP contribution in [-0.4, -0.2) is 16.7 Å². The second-order valence-corrected chi connectivity index (χ2v) is 6.83. The lowest BCUT2D eigenvalue weighted by atomic mass is 10.1. The number of carbonyl (C=O) groups is 2. The van der Waals surface area contributed by atoms with Crippen molar-refractivity contribution in [1.82, 2.24) is 4.98 Å². The van der Waals surface area contributed by atoms with Crippen LogP contribution in [0.1, 0.15) is 28.1 Å². The molecule has 1 unspecified atom stereocenters. The van der Waals surface area contributed by atoms with Gasteiger partial charge in [0.25, 0.3) is 0 Å². The maximum absolute atomic E-state index is 13.0. The van der Waals surface area contributed by atoms with Gasteiger partial charge in [0, 0.05) is 17.4 Å². The third-order valence-electron chi connectivity index (χ3n) is 3.75. The third-order valence-corrected chi connectivity index (χ3v) is 4.96. The fourth-order valence-corrected chi connectivity index (χ4v) is 3.44. The minimum absolute atomic E-state index is 0.0384. The number of hydrogen-bond acceptors (Lipinski definition) is 4. The third kappa shape index (κ3) is 4.58. The van der Waals surface area contributed by atoms with E-state index in [1.54, 1.807) is 30.5 Å². The lowest BCUT2D eigenvalue weighted by molar-refractivity contribution is -0.115. The molecule has 4 nitrogen and oxygen atoms in total. The number of nitrogens with one attached hydrogen (secondary N) is 1. The Morgan fingerprint density at radius 3 is 2.42 bits per heavy atom. The number of Topliss-reactive ketones (excluding diaryl/α,β-unsaturated/α-hetero) is 1. The molecule has 3 aromatic rings. The number of hydrogen-bond donors (Lipinski definition) is 1. The highest BCUT2D eigenvalue weighted by atomic mass is 32.2. The zero-order valence-corrected chi connectivity index (χ0v) is 15.1. The second-order valence-electron chi connectivity index (χ2n) is 5.70. The van der Waals surface area contributed by atoms with Crippen molar-refractivity contribution < 1.29 is 9.59 Å². The first kappa shape index (κ1) is 17.9. The van der Waals surface area contributed by atoms with Crippen LogP contribution < -0.4 is 5.32 Å². The predicted octanol–water partition coefficient (Wildman–Crippen LogP) is 4.76. The first-order valence-corrected chi connectivity index (χ1v) is 9.06. The van der Waals surface area contributed by atoms with Gasteiger partial charge in [-0.2, -0.15) is 0 Å². The van der Waals surface area contributed by atoms with Crippen molar-refractivity contribution in [3.8, 4) is 0 Å². The highest BCUT2D eigenvalue weighted by molar-refractivity contribution is 8.00. The predicted molar refractivity (Wildman–Crippen MR) is 104 cm³/mol. The van der Waals surface area contributed by atoms with Crippen molar-refractivity contribution in [3.63, 3.8) is 0 Å². The van der Waals surface area contributed by atoms with Crippen molar-refractivity contribution in [1.29, 1.82) is 0 Å². The molecule has 1 amide bonds. The van der Waals surface area contributed by atoms with Crippen molar-refractivity contribution >= 4 is 29.1 Å². The second kappa shape index (κ2) is 8.45. The molecule has 0 bridgehead atoms. The molecule has 130 valence electrons. The van der Waals surface area contributed by atoms with E-state index in [0.717, 1.165) is 10.6 Å². The van der Waals surface area contributed by atoms with Crippen molar-refractivity contribution in [2.75, 3.05) is 5.32 Å². The molecule has 1 aromatic heterocycles. The SMILES string of the molecule is CC(=O)c1cccc(NC(=O)C(Sc2ccccn2)c2ccccc2)c1. The van der Waals surface area contributed by atoms with Gasteiger partial charge in [-0.25, -0.2) is 4.98 Å². The molecule has 1 N–H and O–H groups in total. The van der Waals surface area contributed by atoms with Crippen molar-refractivity contribution in [3.05, 3.63) is 90.1 Å². The molecule has 0 aliphatic heterocycles. The molecular formula is C21H18N2O2S. The van der Waals surface area contributed by atoms with Gasteiger partial charge in [0.2, 0.25) is 5.91 Å². The van der Waals surface area contributed by atoms with Gasteiger partial charge >= 0.3 is 0 Å². The number of benzene rings is 2. The van der Waals surface area contributed by atoms with E-state index in [2.05, 4.69) is 10.3 Å². The number of carbonyl (C=O) groups excluding carboxylic acids is 2. The number of rotatable bonds is 6. The van der Waals surface area contributed by atoms with E-state index in [9.17, 15) is 9.59 Å². The highest BCUT2D eigenvalue weighted by Crippen LogP contribution is 2.35. The normalized spacial score (nSPS) is 11.6. The molecular weight excluding hydrogens is 344 g/mol. The van der Waals surface area contributed by atoms with E-state index in [4.69, 9.17) is 0 Å². The van der Waals surface area contributed by atoms with Crippen LogP contribution in [0.4, 0.5) is 5.69 Å². The average Bonchev–Trinajstić information content (AvgIpc) is 2.67. The Morgan fingerprint density at radius 2 is 1.73 bits per heavy atom. The van der Waals surface area contributed by atoms with E-state index in [-0.39, 0.29) is 11.7 Å². The van der Waals surface area contributed by atoms with Crippen molar-refractivity contribution in [2.45, 2.75) is 17.2 Å². The molecule has 0 aliphatic rings. The summed E-state index contributed by atoms with van der Waals surface area (Å²) in [6.45, 7) is 1.50. The first-order chi connectivity index (χ1) is 12.6. The molecule has 2 aromatic carbocycles. The zero-order valence-electron chi connectivity index (χ0n) is 14.3. The largest absolute Gasteiger partial charge is 0.325 e. The molecule has 0 fully saturated rings. The monoisotopic (exact) mass is 362 g/mol. The Morgan fingerprint density at radius 1 is 0.962 bits per heavy atom. The zero-order chi connectivity index (χ0) is 18.4. The lowest BCUT2D eigenvalue weighted by Crippen LogP contribution is -2.19. The summed E-state index contributed by atoms with van der Waals surface area (Å²) in [5.74, 6) is -0.198. The first-order valence-electron chi connectivity index (χ1n) is 8.18. The fraction of sp³-hybridized carbons (Fsp3) is 0.0952. The summed E-state index contributed by atoms with van der Waals surface area (Å²) in [5.41, 5.74) is 2.06. The summed E-state index contributed by atoms with van der Waals surface area (Å²) in [7, 11) is 0. The highest BCUT2D eigenvalue weighted by Gasteiger charge is 2.22. The number of pyridine rings is 1. The van der Waals surface area contributed by atoms with E-state index in [0.29, 0.717) is 11.3 Å². The number of ketones is 1. The summed E-state index contributed by atoms with van der Waals surface area (Å²) >= 11 is 1.39. The molecule has 0 spiro atoms. The van der Waals surface area contributed by atoms with E-state index in [1.807, 2.05) is 48.5 Å². The summed E-state index contributed by atoms with van der Waals surface area (Å²) in [6.07, 6.45) is 1.71. The van der Waals surface area contributed by atoms with Crippen LogP contribution in [0.15, 0.2) is 84.0 Å².